The number of ether oxygens (including phenoxy) is 1. The molecule has 8 heteroatoms. The second-order valence-corrected chi connectivity index (χ2v) is 7.56. The van der Waals surface area contributed by atoms with Crippen molar-refractivity contribution < 1.29 is 27.2 Å². The zero-order valence-electron chi connectivity index (χ0n) is 18.1. The minimum Gasteiger partial charge on any atom is -0.569 e. The molecular weight excluding hydrogens is 427 g/mol. The number of hydrogen-bond acceptors (Lipinski definition) is 3. The Morgan fingerprint density at radius 1 is 0.970 bits per heavy atom. The maximum absolute atomic E-state index is 14.2. The van der Waals surface area contributed by atoms with Gasteiger partial charge in [0.1, 0.15) is 5.75 Å². The summed E-state index contributed by atoms with van der Waals surface area (Å²) in [6, 6.07) is 22.2. The van der Waals surface area contributed by atoms with Crippen LogP contribution in [0.4, 0.5) is 8.63 Å². The highest BCUT2D eigenvalue weighted by molar-refractivity contribution is 6.52. The van der Waals surface area contributed by atoms with Gasteiger partial charge >= 0.3 is 7.11 Å². The second kappa shape index (κ2) is 9.28. The lowest BCUT2D eigenvalue weighted by Gasteiger charge is -2.20. The van der Waals surface area contributed by atoms with Crippen molar-refractivity contribution in [3.63, 3.8) is 0 Å². The molecule has 33 heavy (non-hydrogen) atoms. The van der Waals surface area contributed by atoms with Gasteiger partial charge < -0.3 is 27.7 Å². The minimum atomic E-state index is -4.54. The Balaban J connectivity index is 1.53. The molecule has 1 aliphatic rings. The molecule has 1 heterocycles. The first-order valence-corrected chi connectivity index (χ1v) is 10.4. The molecule has 0 unspecified atom stereocenters. The molecule has 0 bridgehead atoms. The molecule has 0 saturated heterocycles. The number of carbonyl (C=O) groups excluding carboxylic acids is 2. The van der Waals surface area contributed by atoms with Crippen molar-refractivity contribution in [2.45, 2.75) is 13.0 Å². The van der Waals surface area contributed by atoms with Crippen LogP contribution in [0, 0.1) is 0 Å². The number of benzene rings is 3. The third kappa shape index (κ3) is 5.28. The van der Waals surface area contributed by atoms with E-state index >= 15 is 0 Å². The summed E-state index contributed by atoms with van der Waals surface area (Å²) in [6.07, 6.45) is 1.41. The van der Waals surface area contributed by atoms with Crippen LogP contribution < -0.4 is 10.1 Å². The van der Waals surface area contributed by atoms with Crippen molar-refractivity contribution in [2.75, 3.05) is 7.11 Å². The standard InChI is InChI=1S/C25H22BF2NO4/c1-17(18-6-4-3-5-7-18)29-25(30)21-10-8-19(9-11-21)23-16-24(33-26(27,28)32-23)20-12-14-22(31-2)15-13-20/h3-17H,1-2H3,(H,29,30)/t17-/m0/s1. The molecule has 1 N–H and O–H groups in total. The van der Waals surface area contributed by atoms with E-state index in [9.17, 15) is 13.4 Å². The number of ketones is 1. The van der Waals surface area contributed by atoms with Crippen LogP contribution in [0.3, 0.4) is 0 Å². The van der Waals surface area contributed by atoms with Gasteiger partial charge in [-0.25, -0.2) is 0 Å². The summed E-state index contributed by atoms with van der Waals surface area (Å²) < 4.78 is 43.1. The molecule has 0 saturated carbocycles. The fraction of sp³-hybridized carbons (Fsp3) is 0.120. The van der Waals surface area contributed by atoms with E-state index in [4.69, 9.17) is 13.7 Å². The Kier molecular flexibility index (Phi) is 6.26. The highest BCUT2D eigenvalue weighted by Gasteiger charge is 2.53. The predicted molar refractivity (Wildman–Crippen MR) is 123 cm³/mol. The summed E-state index contributed by atoms with van der Waals surface area (Å²) in [4.78, 5) is 12.6. The second-order valence-electron chi connectivity index (χ2n) is 7.56. The van der Waals surface area contributed by atoms with Crippen molar-refractivity contribution >= 4 is 24.6 Å². The van der Waals surface area contributed by atoms with Gasteiger partial charge in [0.15, 0.2) is 0 Å². The first-order valence-electron chi connectivity index (χ1n) is 10.4. The van der Waals surface area contributed by atoms with E-state index in [0.29, 0.717) is 22.4 Å². The van der Waals surface area contributed by atoms with Crippen LogP contribution in [0.15, 0.2) is 84.9 Å². The van der Waals surface area contributed by atoms with E-state index in [2.05, 4.69) is 5.32 Å². The van der Waals surface area contributed by atoms with E-state index < -0.39 is 7.11 Å². The summed E-state index contributed by atoms with van der Waals surface area (Å²) in [5.41, 5.74) is 2.25. The molecule has 0 aliphatic carbocycles. The zero-order chi connectivity index (χ0) is 23.4. The predicted octanol–water partition coefficient (Wildman–Crippen LogP) is 5.35. The first-order chi connectivity index (χ1) is 15.8. The van der Waals surface area contributed by atoms with E-state index in [-0.39, 0.29) is 23.5 Å². The summed E-state index contributed by atoms with van der Waals surface area (Å²) in [5, 5.41) is 2.93. The Labute approximate surface area is 190 Å². The monoisotopic (exact) mass is 449 g/mol. The maximum atomic E-state index is 14.2. The van der Waals surface area contributed by atoms with Gasteiger partial charge in [-0.2, -0.15) is 0 Å². The van der Waals surface area contributed by atoms with Gasteiger partial charge in [-0.05, 0) is 48.9 Å². The summed E-state index contributed by atoms with van der Waals surface area (Å²) in [6.45, 7) is 1.89. The Hall–Kier alpha value is -3.94. The topological polar surface area (TPSA) is 58.9 Å². The molecule has 3 aromatic carbocycles. The van der Waals surface area contributed by atoms with E-state index in [1.54, 1.807) is 48.5 Å². The summed E-state index contributed by atoms with van der Waals surface area (Å²) in [7, 11) is -3.02. The molecule has 3 aromatic rings. The molecule has 0 radical (unpaired) electrons. The number of allylic oxidation sites excluding steroid dienone is 1. The van der Waals surface area contributed by atoms with E-state index in [0.717, 1.165) is 5.56 Å². The maximum Gasteiger partial charge on any atom is 0.995 e. The van der Waals surface area contributed by atoms with E-state index in [1.165, 1.54) is 13.2 Å². The molecule has 0 aromatic heterocycles. The van der Waals surface area contributed by atoms with Crippen molar-refractivity contribution in [1.29, 1.82) is 0 Å². The number of carbonyl (C=O) groups is 1. The van der Waals surface area contributed by atoms with Crippen LogP contribution >= 0.6 is 0 Å². The van der Waals surface area contributed by atoms with Gasteiger partial charge in [0.2, 0.25) is 0 Å². The average molecular weight is 449 g/mol. The number of halogens is 2. The van der Waals surface area contributed by atoms with Crippen molar-refractivity contribution in [2.24, 2.45) is 0 Å². The molecular formula is C25H22BF2NO4. The number of rotatable bonds is 6. The van der Waals surface area contributed by atoms with Crippen LogP contribution in [0.1, 0.15) is 44.4 Å². The highest BCUT2D eigenvalue weighted by Crippen LogP contribution is 2.29. The fourth-order valence-electron chi connectivity index (χ4n) is 3.46. The first kappa shape index (κ1) is 22.3. The molecule has 5 nitrogen and oxygen atoms in total. The molecule has 0 fully saturated rings. The van der Waals surface area contributed by atoms with Crippen LogP contribution in [0.25, 0.3) is 5.76 Å². The minimum absolute atomic E-state index is 0.0117. The third-order valence-electron chi connectivity index (χ3n) is 5.24. The van der Waals surface area contributed by atoms with Crippen LogP contribution in [0.2, 0.25) is 0 Å². The Morgan fingerprint density at radius 3 is 2.24 bits per heavy atom. The lowest BCUT2D eigenvalue weighted by Crippen LogP contribution is -2.31. The van der Waals surface area contributed by atoms with Gasteiger partial charge in [-0.1, -0.05) is 42.5 Å². The molecule has 4 rings (SSSR count). The third-order valence-corrected chi connectivity index (χ3v) is 5.24. The summed E-state index contributed by atoms with van der Waals surface area (Å²) in [5.74, 6) is 0.284. The van der Waals surface area contributed by atoms with Gasteiger partial charge in [0, 0.05) is 11.1 Å². The van der Waals surface area contributed by atoms with Crippen molar-refractivity contribution in [3.8, 4) is 5.75 Å². The number of nitrogens with one attached hydrogen (secondary N) is 1. The van der Waals surface area contributed by atoms with Gasteiger partial charge in [0.25, 0.3) is 11.7 Å². The smallest absolute Gasteiger partial charge is 0.569 e. The van der Waals surface area contributed by atoms with Gasteiger partial charge in [-0.3, -0.25) is 4.79 Å². The SMILES string of the molecule is COc1ccc(C2=[O+][B-](F)(F)OC(c3ccc(C(=O)N[C@@H](C)c4ccccc4)cc3)=C2)cc1. The van der Waals surface area contributed by atoms with Crippen LogP contribution in [0.5, 0.6) is 5.75 Å². The fourth-order valence-corrected chi connectivity index (χ4v) is 3.46. The molecule has 1 amide bonds. The largest absolute Gasteiger partial charge is 0.995 e. The Bertz CT molecular complexity index is 1190. The molecule has 1 atom stereocenters. The average Bonchev–Trinajstić information content (AvgIpc) is 2.83. The number of hydrogen-bond donors (Lipinski definition) is 1. The lowest BCUT2D eigenvalue weighted by molar-refractivity contribution is -0.183. The quantitative estimate of drug-likeness (QED) is 0.408. The Morgan fingerprint density at radius 2 is 1.61 bits per heavy atom. The highest BCUT2D eigenvalue weighted by atomic mass is 19.3. The van der Waals surface area contributed by atoms with Gasteiger partial charge in [-0.15, -0.1) is 0 Å². The van der Waals surface area contributed by atoms with Crippen molar-refractivity contribution in [1.82, 2.24) is 5.32 Å². The number of amides is 1. The van der Waals surface area contributed by atoms with Crippen molar-refractivity contribution in [3.05, 3.63) is 107 Å². The van der Waals surface area contributed by atoms with Gasteiger partial charge in [0.05, 0.1) is 30.6 Å². The van der Waals surface area contributed by atoms with Crippen LogP contribution in [-0.4, -0.2) is 25.9 Å². The lowest BCUT2D eigenvalue weighted by atomic mass is 10.0. The van der Waals surface area contributed by atoms with E-state index in [1.807, 2.05) is 37.3 Å². The molecule has 1 aliphatic heterocycles. The zero-order valence-corrected chi connectivity index (χ0v) is 18.1. The van der Waals surface area contributed by atoms with Crippen LogP contribution in [-0.2, 0) is 4.65 Å². The summed E-state index contributed by atoms with van der Waals surface area (Å²) >= 11 is 0. The molecule has 0 spiro atoms. The number of methoxy groups -OCH3 is 1. The normalized spacial score (nSPS) is 15.5. The molecule has 168 valence electrons.